The van der Waals surface area contributed by atoms with Crippen molar-refractivity contribution in [2.45, 2.75) is 38.7 Å². The third kappa shape index (κ3) is 6.76. The van der Waals surface area contributed by atoms with E-state index in [-0.39, 0.29) is 11.5 Å². The van der Waals surface area contributed by atoms with Crippen molar-refractivity contribution in [1.82, 2.24) is 7.69 Å². The molecule has 2 aromatic rings. The van der Waals surface area contributed by atoms with Crippen molar-refractivity contribution < 1.29 is 9.53 Å². The maximum atomic E-state index is 11.6. The fourth-order valence-corrected chi connectivity index (χ4v) is 2.91. The van der Waals surface area contributed by atoms with Gasteiger partial charge in [-0.3, -0.25) is 0 Å². The molecular weight excluding hydrogens is 515 g/mol. The summed E-state index contributed by atoms with van der Waals surface area (Å²) < 4.78 is 7.16. The Kier molecular flexibility index (Phi) is 9.37. The van der Waals surface area contributed by atoms with E-state index in [9.17, 15) is 4.79 Å². The van der Waals surface area contributed by atoms with E-state index in [2.05, 4.69) is 31.5 Å². The number of thiol groups is 1. The van der Waals surface area contributed by atoms with E-state index >= 15 is 0 Å². The van der Waals surface area contributed by atoms with Gasteiger partial charge in [0.25, 0.3) is 0 Å². The van der Waals surface area contributed by atoms with Crippen LogP contribution in [0.15, 0.2) is 30.3 Å². The maximum absolute atomic E-state index is 11.6. The van der Waals surface area contributed by atoms with Crippen LogP contribution in [0.1, 0.15) is 43.6 Å². The van der Waals surface area contributed by atoms with Gasteiger partial charge in [0.2, 0.25) is 0 Å². The topological polar surface area (TPSA) is 45.3 Å². The van der Waals surface area contributed by atoms with Crippen molar-refractivity contribution in [3.63, 3.8) is 0 Å². The summed E-state index contributed by atoms with van der Waals surface area (Å²) in [4.78, 5) is 14.8. The van der Waals surface area contributed by atoms with Crippen molar-refractivity contribution in [3.8, 4) is 0 Å². The summed E-state index contributed by atoms with van der Waals surface area (Å²) >= 11 is 4.27. The Morgan fingerprint density at radius 3 is 2.42 bits per heavy atom. The van der Waals surface area contributed by atoms with E-state index in [1.807, 2.05) is 30.3 Å². The number of hydrogen-bond acceptors (Lipinski definition) is 3. The number of carbonyl (C=O) groups is 1. The number of fused-ring (bicyclic) bond motifs is 1. The third-order valence-electron chi connectivity index (χ3n) is 3.73. The number of benzene rings is 1. The van der Waals surface area contributed by atoms with Gasteiger partial charge in [0.15, 0.2) is 0 Å². The third-order valence-corrected chi connectivity index (χ3v) is 4.52. The summed E-state index contributed by atoms with van der Waals surface area (Å²) in [6, 6.07) is 9.79. The summed E-state index contributed by atoms with van der Waals surface area (Å²) in [7, 11) is 1.81. The molecule has 24 heavy (non-hydrogen) atoms. The van der Waals surface area contributed by atoms with Gasteiger partial charge in [0, 0.05) is 6.61 Å². The first kappa shape index (κ1) is 21.5. The molecule has 0 saturated carbocycles. The number of amides is 1. The van der Waals surface area contributed by atoms with Gasteiger partial charge in [-0.15, -0.1) is 0 Å². The number of H-pyrrole nitrogens is 1. The molecule has 6 heteroatoms. The number of nitrogens with one attached hydrogen (secondary N) is 1. The molecule has 1 fully saturated rings. The van der Waals surface area contributed by atoms with Gasteiger partial charge in [-0.1, -0.05) is 0 Å². The summed E-state index contributed by atoms with van der Waals surface area (Å²) in [5.74, 6) is 0.0628. The van der Waals surface area contributed by atoms with Crippen LogP contribution in [0.25, 0.3) is 10.9 Å². The predicted molar refractivity (Wildman–Crippen MR) is 105 cm³/mol. The molecular formula is C18H27N2O2PbS. The van der Waals surface area contributed by atoms with Gasteiger partial charge in [-0.25, -0.2) is 0 Å². The molecule has 0 unspecified atom stereocenters. The Morgan fingerprint density at radius 2 is 1.96 bits per heavy atom. The molecule has 1 N–H and O–H groups in total. The SMILES string of the molecule is CC1(C)CCCCO1.CS.C[N]([Pb])C(=O)c1cc2ccccc2[nH]1. The molecule has 3 rings (SSSR count). The fourth-order valence-electron chi connectivity index (χ4n) is 2.44. The molecule has 0 bridgehead atoms. The van der Waals surface area contributed by atoms with Gasteiger partial charge in [-0.2, -0.15) is 12.6 Å². The molecule has 131 valence electrons. The number of ether oxygens (including phenoxy) is 1. The van der Waals surface area contributed by atoms with Gasteiger partial charge < -0.3 is 4.74 Å². The molecule has 1 saturated heterocycles. The molecule has 1 aromatic carbocycles. The standard InChI is InChI=1S/C10H10N2O.C7H14O.CH4S.Pb/c1-11-10(13)9-6-7-4-2-3-5-8(7)12-9;1-7(2)5-3-4-6-8-7;1-2;/h2-6H,1H3,(H2,11,12,13);3-6H2,1-2H3;2H,1H3;/q;;;+1/p-1. The second-order valence-electron chi connectivity index (χ2n) is 6.20. The molecule has 0 aliphatic carbocycles. The van der Waals surface area contributed by atoms with E-state index in [1.165, 1.54) is 19.3 Å². The quantitative estimate of drug-likeness (QED) is 0.425. The minimum atomic E-state index is 0.0628. The van der Waals surface area contributed by atoms with E-state index in [4.69, 9.17) is 4.74 Å². The van der Waals surface area contributed by atoms with Gasteiger partial charge in [-0.05, 0) is 39.4 Å². The number of aromatic amines is 1. The second kappa shape index (κ2) is 10.5. The Labute approximate surface area is 166 Å². The van der Waals surface area contributed by atoms with Crippen LogP contribution in [0.4, 0.5) is 0 Å². The van der Waals surface area contributed by atoms with Gasteiger partial charge in [0.1, 0.15) is 0 Å². The number of para-hydroxylation sites is 1. The molecule has 1 aliphatic heterocycles. The summed E-state index contributed by atoms with van der Waals surface area (Å²) in [5.41, 5.74) is 1.86. The second-order valence-corrected chi connectivity index (χ2v) is 8.81. The van der Waals surface area contributed by atoms with E-state index in [0.29, 0.717) is 5.69 Å². The van der Waals surface area contributed by atoms with Crippen LogP contribution in [0.2, 0.25) is 0 Å². The van der Waals surface area contributed by atoms with Crippen molar-refractivity contribution in [3.05, 3.63) is 36.0 Å². The van der Waals surface area contributed by atoms with Crippen molar-refractivity contribution in [2.24, 2.45) is 0 Å². The molecule has 1 aliphatic rings. The van der Waals surface area contributed by atoms with E-state index in [1.54, 1.807) is 16.0 Å². The Bertz CT molecular complexity index is 600. The Morgan fingerprint density at radius 1 is 1.29 bits per heavy atom. The van der Waals surface area contributed by atoms with Crippen molar-refractivity contribution >= 4 is 55.5 Å². The number of hydrogen-bond donors (Lipinski definition) is 2. The zero-order valence-corrected chi connectivity index (χ0v) is 19.7. The van der Waals surface area contributed by atoms with Crippen LogP contribution in [0, 0.1) is 0 Å². The molecule has 0 spiro atoms. The number of nitrogens with zero attached hydrogens (tertiary/aromatic N) is 1. The molecule has 1 amide bonds. The van der Waals surface area contributed by atoms with Crippen LogP contribution in [-0.4, -0.2) is 65.2 Å². The van der Waals surface area contributed by atoms with E-state index < -0.39 is 0 Å². The fraction of sp³-hybridized carbons (Fsp3) is 0.500. The monoisotopic (exact) mass is 543 g/mol. The number of aromatic nitrogens is 1. The van der Waals surface area contributed by atoms with Crippen LogP contribution >= 0.6 is 12.6 Å². The normalized spacial score (nSPS) is 15.6. The molecule has 0 atom stereocenters. The summed E-state index contributed by atoms with van der Waals surface area (Å²) in [5, 5.41) is 1.08. The number of rotatable bonds is 1. The number of carbonyl (C=O) groups excluding carboxylic acids is 1. The van der Waals surface area contributed by atoms with Gasteiger partial charge in [0.05, 0.1) is 5.60 Å². The first-order chi connectivity index (χ1) is 11.4. The van der Waals surface area contributed by atoms with Crippen LogP contribution in [-0.2, 0) is 4.74 Å². The summed E-state index contributed by atoms with van der Waals surface area (Å²) in [6.07, 6.45) is 5.52. The van der Waals surface area contributed by atoms with Gasteiger partial charge >= 0.3 is 98.4 Å². The average molecular weight is 543 g/mol. The zero-order chi connectivity index (χ0) is 18.2. The molecule has 1 aromatic heterocycles. The average Bonchev–Trinajstić information content (AvgIpc) is 3.00. The molecule has 3 radical (unpaired) electrons. The zero-order valence-electron chi connectivity index (χ0n) is 14.9. The minimum absolute atomic E-state index is 0.0628. The molecule has 2 heterocycles. The van der Waals surface area contributed by atoms with Crippen molar-refractivity contribution in [1.29, 1.82) is 0 Å². The Hall–Kier alpha value is -0.538. The van der Waals surface area contributed by atoms with Crippen LogP contribution in [0.5, 0.6) is 0 Å². The Balaban J connectivity index is 0.000000245. The predicted octanol–water partition coefficient (Wildman–Crippen LogP) is 3.83. The summed E-state index contributed by atoms with van der Waals surface area (Å²) in [6.45, 7) is 5.28. The van der Waals surface area contributed by atoms with Crippen LogP contribution < -0.4 is 0 Å². The molecule has 4 nitrogen and oxygen atoms in total. The first-order valence-electron chi connectivity index (χ1n) is 8.05. The van der Waals surface area contributed by atoms with Crippen molar-refractivity contribution in [2.75, 3.05) is 19.9 Å². The first-order valence-corrected chi connectivity index (χ1v) is 10.7. The van der Waals surface area contributed by atoms with E-state index in [0.717, 1.165) is 43.6 Å². The van der Waals surface area contributed by atoms with Crippen LogP contribution in [0.3, 0.4) is 0 Å².